The van der Waals surface area contributed by atoms with Crippen molar-refractivity contribution in [2.75, 3.05) is 13.2 Å². The van der Waals surface area contributed by atoms with Crippen molar-refractivity contribution in [3.05, 3.63) is 36.5 Å². The molecule has 1 atom stereocenters. The summed E-state index contributed by atoms with van der Waals surface area (Å²) in [6.45, 7) is 6.60. The molecule has 0 amide bonds. The molecule has 0 aromatic carbocycles. The number of esters is 3. The molecule has 6 nitrogen and oxygen atoms in total. The van der Waals surface area contributed by atoms with Crippen LogP contribution < -0.4 is 0 Å². The zero-order valence-electron chi connectivity index (χ0n) is 50.6. The van der Waals surface area contributed by atoms with Crippen molar-refractivity contribution in [1.82, 2.24) is 0 Å². The van der Waals surface area contributed by atoms with E-state index in [1.54, 1.807) is 0 Å². The zero-order chi connectivity index (χ0) is 54.3. The maximum atomic E-state index is 12.8. The molecule has 0 rings (SSSR count). The van der Waals surface area contributed by atoms with E-state index >= 15 is 0 Å². The Morgan fingerprint density at radius 3 is 0.720 bits per heavy atom. The summed E-state index contributed by atoms with van der Waals surface area (Å²) in [4.78, 5) is 38.1. The molecule has 0 heterocycles. The molecular weight excluding hydrogens is 925 g/mol. The van der Waals surface area contributed by atoms with Crippen LogP contribution >= 0.6 is 0 Å². The summed E-state index contributed by atoms with van der Waals surface area (Å²) in [6, 6.07) is 0. The maximum Gasteiger partial charge on any atom is 0.306 e. The number of hydrogen-bond donors (Lipinski definition) is 0. The van der Waals surface area contributed by atoms with Gasteiger partial charge in [0.05, 0.1) is 0 Å². The van der Waals surface area contributed by atoms with Crippen molar-refractivity contribution in [2.45, 2.75) is 374 Å². The predicted octanol–water partition coefficient (Wildman–Crippen LogP) is 22.8. The van der Waals surface area contributed by atoms with Gasteiger partial charge >= 0.3 is 17.9 Å². The Labute approximate surface area is 467 Å². The lowest BCUT2D eigenvalue weighted by molar-refractivity contribution is -0.167. The average Bonchev–Trinajstić information content (AvgIpc) is 3.41. The monoisotopic (exact) mass is 1050 g/mol. The van der Waals surface area contributed by atoms with E-state index < -0.39 is 6.10 Å². The van der Waals surface area contributed by atoms with Crippen molar-refractivity contribution in [3.8, 4) is 0 Å². The fourth-order valence-electron chi connectivity index (χ4n) is 10.0. The minimum atomic E-state index is -0.777. The summed E-state index contributed by atoms with van der Waals surface area (Å²) in [5.41, 5.74) is 0. The van der Waals surface area contributed by atoms with E-state index in [1.807, 2.05) is 0 Å². The highest BCUT2D eigenvalue weighted by molar-refractivity contribution is 5.71. The number of allylic oxidation sites excluding steroid dienone is 6. The minimum Gasteiger partial charge on any atom is -0.462 e. The summed E-state index contributed by atoms with van der Waals surface area (Å²) in [6.07, 6.45) is 79.1. The van der Waals surface area contributed by atoms with Gasteiger partial charge in [-0.1, -0.05) is 295 Å². The van der Waals surface area contributed by atoms with Crippen LogP contribution in [0.2, 0.25) is 0 Å². The van der Waals surface area contributed by atoms with Crippen molar-refractivity contribution in [2.24, 2.45) is 0 Å². The molecule has 0 N–H and O–H groups in total. The highest BCUT2D eigenvalue weighted by Gasteiger charge is 2.19. The number of ether oxygens (including phenoxy) is 3. The Hall–Kier alpha value is -2.37. The molecule has 0 bridgehead atoms. The van der Waals surface area contributed by atoms with Gasteiger partial charge in [-0.2, -0.15) is 0 Å². The van der Waals surface area contributed by atoms with E-state index in [9.17, 15) is 14.4 Å². The minimum absolute atomic E-state index is 0.0743. The van der Waals surface area contributed by atoms with Crippen LogP contribution in [0.5, 0.6) is 0 Å². The smallest absolute Gasteiger partial charge is 0.306 e. The second-order valence-electron chi connectivity index (χ2n) is 22.7. The van der Waals surface area contributed by atoms with Crippen LogP contribution in [0.1, 0.15) is 367 Å². The Kier molecular flexibility index (Phi) is 62.1. The van der Waals surface area contributed by atoms with Gasteiger partial charge in [-0.05, 0) is 89.9 Å². The van der Waals surface area contributed by atoms with Crippen molar-refractivity contribution >= 4 is 17.9 Å². The van der Waals surface area contributed by atoms with Crippen molar-refractivity contribution in [3.63, 3.8) is 0 Å². The number of carbonyl (C=O) groups is 3. The zero-order valence-corrected chi connectivity index (χ0v) is 50.6. The SMILES string of the molecule is CCC/C=C\CCCCCCCC(=O)OCC(COC(=O)CCCCCCCCCCCCCCCCCCCCCCC/C=C\CCCCCCCCCC)OC(=O)CCCCCCC/C=C\CCCCCCC. The molecule has 0 saturated carbocycles. The lowest BCUT2D eigenvalue weighted by atomic mass is 10.0. The molecular formula is C69H128O6. The van der Waals surface area contributed by atoms with Crippen LogP contribution in [0.4, 0.5) is 0 Å². The molecule has 75 heavy (non-hydrogen) atoms. The molecule has 0 fully saturated rings. The first-order valence-electron chi connectivity index (χ1n) is 33.5. The molecule has 0 saturated heterocycles. The Morgan fingerprint density at radius 2 is 0.467 bits per heavy atom. The van der Waals surface area contributed by atoms with Gasteiger partial charge in [-0.15, -0.1) is 0 Å². The van der Waals surface area contributed by atoms with Gasteiger partial charge in [-0.25, -0.2) is 0 Å². The van der Waals surface area contributed by atoms with E-state index in [0.717, 1.165) is 77.0 Å². The van der Waals surface area contributed by atoms with Gasteiger partial charge in [0.15, 0.2) is 6.10 Å². The fraction of sp³-hybridized carbons (Fsp3) is 0.870. The highest BCUT2D eigenvalue weighted by atomic mass is 16.6. The lowest BCUT2D eigenvalue weighted by Crippen LogP contribution is -2.30. The summed E-state index contributed by atoms with van der Waals surface area (Å²) >= 11 is 0. The summed E-state index contributed by atoms with van der Waals surface area (Å²) in [5, 5.41) is 0. The predicted molar refractivity (Wildman–Crippen MR) is 326 cm³/mol. The van der Waals surface area contributed by atoms with Gasteiger partial charge < -0.3 is 14.2 Å². The van der Waals surface area contributed by atoms with Crippen LogP contribution in [0, 0.1) is 0 Å². The highest BCUT2D eigenvalue weighted by Crippen LogP contribution is 2.18. The molecule has 440 valence electrons. The summed E-state index contributed by atoms with van der Waals surface area (Å²) in [7, 11) is 0. The van der Waals surface area contributed by atoms with E-state index in [2.05, 4.69) is 57.2 Å². The van der Waals surface area contributed by atoms with Crippen molar-refractivity contribution in [1.29, 1.82) is 0 Å². The number of hydrogen-bond acceptors (Lipinski definition) is 6. The lowest BCUT2D eigenvalue weighted by Gasteiger charge is -2.18. The van der Waals surface area contributed by atoms with Gasteiger partial charge in [0, 0.05) is 19.3 Å². The first kappa shape index (κ1) is 72.6. The number of carbonyl (C=O) groups excluding carboxylic acids is 3. The Balaban J connectivity index is 4.01. The second kappa shape index (κ2) is 64.2. The topological polar surface area (TPSA) is 78.9 Å². The number of unbranched alkanes of at least 4 members (excludes halogenated alkanes) is 45. The van der Waals surface area contributed by atoms with Gasteiger partial charge in [0.1, 0.15) is 13.2 Å². The first-order chi connectivity index (χ1) is 37.0. The summed E-state index contributed by atoms with van der Waals surface area (Å²) < 4.78 is 16.9. The van der Waals surface area contributed by atoms with Gasteiger partial charge in [0.2, 0.25) is 0 Å². The quantitative estimate of drug-likeness (QED) is 0.0261. The molecule has 0 aromatic heterocycles. The third kappa shape index (κ3) is 62.4. The van der Waals surface area contributed by atoms with Crippen LogP contribution in [0.3, 0.4) is 0 Å². The van der Waals surface area contributed by atoms with E-state index in [1.165, 1.54) is 250 Å². The van der Waals surface area contributed by atoms with Crippen molar-refractivity contribution < 1.29 is 28.6 Å². The fourth-order valence-corrected chi connectivity index (χ4v) is 10.0. The first-order valence-corrected chi connectivity index (χ1v) is 33.5. The molecule has 0 aromatic rings. The van der Waals surface area contributed by atoms with Gasteiger partial charge in [0.25, 0.3) is 0 Å². The molecule has 0 spiro atoms. The van der Waals surface area contributed by atoms with E-state index in [-0.39, 0.29) is 31.1 Å². The number of rotatable bonds is 62. The van der Waals surface area contributed by atoms with Crippen LogP contribution in [-0.4, -0.2) is 37.2 Å². The third-order valence-electron chi connectivity index (χ3n) is 15.1. The molecule has 0 aliphatic carbocycles. The molecule has 0 aliphatic heterocycles. The van der Waals surface area contributed by atoms with Crippen LogP contribution in [-0.2, 0) is 28.6 Å². The normalized spacial score (nSPS) is 12.2. The maximum absolute atomic E-state index is 12.8. The molecule has 1 unspecified atom stereocenters. The van der Waals surface area contributed by atoms with Crippen LogP contribution in [0.15, 0.2) is 36.5 Å². The summed E-state index contributed by atoms with van der Waals surface area (Å²) in [5.74, 6) is -0.875. The Bertz CT molecular complexity index is 1250. The van der Waals surface area contributed by atoms with E-state index in [0.29, 0.717) is 19.3 Å². The van der Waals surface area contributed by atoms with E-state index in [4.69, 9.17) is 14.2 Å². The van der Waals surface area contributed by atoms with Crippen LogP contribution in [0.25, 0.3) is 0 Å². The third-order valence-corrected chi connectivity index (χ3v) is 15.1. The largest absolute Gasteiger partial charge is 0.462 e. The average molecular weight is 1050 g/mol. The molecule has 0 radical (unpaired) electrons. The standard InChI is InChI=1S/C69H128O6/c1-4-7-10-13-16-19-22-24-26-27-28-29-30-31-32-33-34-35-36-37-38-39-40-41-42-43-44-46-47-50-53-56-59-62-68(71)74-65-66(64-73-67(70)61-58-55-52-49-21-18-15-12-9-6-3)75-69(72)63-60-57-54-51-48-45-25-23-20-17-14-11-8-5-2/h12,15,23,25,27-28,66H,4-11,13-14,16-22,24,26,29-65H2,1-3H3/b15-12-,25-23-,28-27-. The second-order valence-corrected chi connectivity index (χ2v) is 22.7. The molecule has 6 heteroatoms. The van der Waals surface area contributed by atoms with Gasteiger partial charge in [-0.3, -0.25) is 14.4 Å². The Morgan fingerprint density at radius 1 is 0.253 bits per heavy atom. The molecule has 0 aliphatic rings.